The molecule has 42 heavy (non-hydrogen) atoms. The predicted octanol–water partition coefficient (Wildman–Crippen LogP) is 3.27. The van der Waals surface area contributed by atoms with Gasteiger partial charge in [0.25, 0.3) is 0 Å². The van der Waals surface area contributed by atoms with Gasteiger partial charge >= 0.3 is 23.9 Å². The predicted molar refractivity (Wildman–Crippen MR) is 149 cm³/mol. The lowest BCUT2D eigenvalue weighted by Gasteiger charge is -2.44. The van der Waals surface area contributed by atoms with Gasteiger partial charge in [0, 0.05) is 26.5 Å². The summed E-state index contributed by atoms with van der Waals surface area (Å²) in [5.41, 5.74) is 3.22. The van der Waals surface area contributed by atoms with Gasteiger partial charge in [-0.1, -0.05) is 30.3 Å². The summed E-state index contributed by atoms with van der Waals surface area (Å²) in [4.78, 5) is 48.7. The van der Waals surface area contributed by atoms with Crippen molar-refractivity contribution in [1.29, 1.82) is 0 Å². The molecule has 1 saturated heterocycles. The van der Waals surface area contributed by atoms with Crippen molar-refractivity contribution >= 4 is 23.9 Å². The zero-order valence-corrected chi connectivity index (χ0v) is 24.7. The Morgan fingerprint density at radius 2 is 1.48 bits per heavy atom. The lowest BCUT2D eigenvalue weighted by Crippen LogP contribution is -2.57. The molecule has 0 N–H and O–H groups in total. The van der Waals surface area contributed by atoms with Crippen LogP contribution in [0.2, 0.25) is 0 Å². The number of rotatable bonds is 12. The maximum absolute atomic E-state index is 12.5. The first-order valence-electron chi connectivity index (χ1n) is 13.6. The zero-order valence-electron chi connectivity index (χ0n) is 24.7. The van der Waals surface area contributed by atoms with Crippen LogP contribution in [-0.2, 0) is 60.4 Å². The van der Waals surface area contributed by atoms with Crippen LogP contribution in [0.25, 0.3) is 0 Å². The Kier molecular flexibility index (Phi) is 11.9. The highest BCUT2D eigenvalue weighted by atomic mass is 16.7. The number of methoxy groups -OCH3 is 2. The second-order valence-corrected chi connectivity index (χ2v) is 9.85. The second-order valence-electron chi connectivity index (χ2n) is 9.85. The van der Waals surface area contributed by atoms with Crippen LogP contribution in [0.15, 0.2) is 42.5 Å². The molecule has 0 aromatic heterocycles. The van der Waals surface area contributed by atoms with Gasteiger partial charge in [-0.15, -0.1) is 0 Å². The van der Waals surface area contributed by atoms with Crippen LogP contribution in [0, 0.1) is 0 Å². The van der Waals surface area contributed by atoms with Gasteiger partial charge in [0.15, 0.2) is 18.3 Å². The molecule has 0 radical (unpaired) electrons. The highest BCUT2D eigenvalue weighted by Crippen LogP contribution is 2.41. The van der Waals surface area contributed by atoms with Crippen molar-refractivity contribution in [2.45, 2.75) is 71.1 Å². The van der Waals surface area contributed by atoms with Gasteiger partial charge in [0.1, 0.15) is 18.5 Å². The van der Waals surface area contributed by atoms with Gasteiger partial charge < -0.3 is 33.2 Å². The van der Waals surface area contributed by atoms with Crippen molar-refractivity contribution < 1.29 is 52.3 Å². The minimum Gasteiger partial charge on any atom is -0.496 e. The van der Waals surface area contributed by atoms with Crippen molar-refractivity contribution in [2.24, 2.45) is 0 Å². The fraction of sp³-hybridized carbons (Fsp3) is 0.484. The largest absolute Gasteiger partial charge is 0.496 e. The van der Waals surface area contributed by atoms with Gasteiger partial charge in [-0.05, 0) is 49.1 Å². The van der Waals surface area contributed by atoms with E-state index in [2.05, 4.69) is 0 Å². The number of hydrogen-bond acceptors (Lipinski definition) is 11. The van der Waals surface area contributed by atoms with E-state index in [0.29, 0.717) is 24.3 Å². The summed E-state index contributed by atoms with van der Waals surface area (Å²) < 4.78 is 38.7. The molecule has 2 aromatic rings. The quantitative estimate of drug-likeness (QED) is 0.268. The summed E-state index contributed by atoms with van der Waals surface area (Å²) in [5, 5.41) is 0. The Bertz CT molecular complexity index is 1260. The van der Waals surface area contributed by atoms with E-state index in [0.717, 1.165) is 16.7 Å². The molecule has 0 bridgehead atoms. The van der Waals surface area contributed by atoms with E-state index in [-0.39, 0.29) is 19.0 Å². The molecule has 5 atom stereocenters. The third-order valence-corrected chi connectivity index (χ3v) is 6.56. The van der Waals surface area contributed by atoms with Crippen LogP contribution in [0.5, 0.6) is 5.75 Å². The van der Waals surface area contributed by atoms with E-state index in [1.54, 1.807) is 19.9 Å². The molecule has 1 aliphatic rings. The van der Waals surface area contributed by atoms with Crippen molar-refractivity contribution in [2.75, 3.05) is 27.4 Å². The Hall–Kier alpha value is -3.96. The molecule has 0 spiro atoms. The minimum absolute atomic E-state index is 0.167. The molecule has 11 nitrogen and oxygen atoms in total. The van der Waals surface area contributed by atoms with Crippen LogP contribution in [0.4, 0.5) is 0 Å². The Balaban J connectivity index is 2.00. The Morgan fingerprint density at radius 3 is 2.12 bits per heavy atom. The smallest absolute Gasteiger partial charge is 0.332 e. The molecule has 1 fully saturated rings. The molecular formula is C31H38O11. The van der Waals surface area contributed by atoms with Crippen LogP contribution in [0.3, 0.4) is 0 Å². The number of carbonyl (C=O) groups is 4. The standard InChI is InChI=1S/C31H38O11/c1-7-38-26(34)16-22-10-8-9-21(13-22)14-23-11-12-25(37-6)24(15-23)29-31(41-20(4)33)30(42-27(35)17-36-5)28(18(2)39-29)40-19(3)32/h8-13,15,18,28-31H,7,14,16-17H2,1-6H3/t18-,28+,29+,30+,31+/m0/s1. The van der Waals surface area contributed by atoms with Crippen molar-refractivity contribution in [1.82, 2.24) is 0 Å². The maximum atomic E-state index is 12.5. The van der Waals surface area contributed by atoms with Crippen LogP contribution >= 0.6 is 0 Å². The molecule has 11 heteroatoms. The molecular weight excluding hydrogens is 548 g/mol. The van der Waals surface area contributed by atoms with E-state index < -0.39 is 48.4 Å². The molecule has 1 heterocycles. The Labute approximate surface area is 245 Å². The number of benzene rings is 2. The number of esters is 4. The first-order valence-corrected chi connectivity index (χ1v) is 13.6. The molecule has 228 valence electrons. The maximum Gasteiger partial charge on any atom is 0.332 e. The average molecular weight is 587 g/mol. The van der Waals surface area contributed by atoms with Gasteiger partial charge in [-0.2, -0.15) is 0 Å². The molecule has 3 rings (SSSR count). The SMILES string of the molecule is CCOC(=O)Cc1cccc(Cc2ccc(OC)c([C@H]3O[C@@H](C)[C@@H](OC(C)=O)[C@@H](OC(=O)COC)[C@@H]3OC(C)=O)c2)c1. The van der Waals surface area contributed by atoms with Crippen molar-refractivity contribution in [3.05, 3.63) is 64.7 Å². The number of hydrogen-bond donors (Lipinski definition) is 0. The second kappa shape index (κ2) is 15.3. The average Bonchev–Trinajstić information content (AvgIpc) is 2.92. The zero-order chi connectivity index (χ0) is 30.8. The van der Waals surface area contributed by atoms with Crippen LogP contribution in [0.1, 0.15) is 56.1 Å². The van der Waals surface area contributed by atoms with E-state index in [9.17, 15) is 19.2 Å². The summed E-state index contributed by atoms with van der Waals surface area (Å²) in [6, 6.07) is 13.2. The topological polar surface area (TPSA) is 133 Å². The molecule has 0 amide bonds. The fourth-order valence-corrected chi connectivity index (χ4v) is 4.96. The normalized spacial score (nSPS) is 21.6. The van der Waals surface area contributed by atoms with Gasteiger partial charge in [0.2, 0.25) is 0 Å². The monoisotopic (exact) mass is 586 g/mol. The van der Waals surface area contributed by atoms with Crippen LogP contribution < -0.4 is 4.74 Å². The summed E-state index contributed by atoms with van der Waals surface area (Å²) >= 11 is 0. The van der Waals surface area contributed by atoms with Crippen molar-refractivity contribution in [3.8, 4) is 5.75 Å². The van der Waals surface area contributed by atoms with E-state index >= 15 is 0 Å². The molecule has 1 aliphatic heterocycles. The van der Waals surface area contributed by atoms with Gasteiger partial charge in [-0.3, -0.25) is 14.4 Å². The number of ether oxygens (including phenoxy) is 7. The molecule has 0 unspecified atom stereocenters. The van der Waals surface area contributed by atoms with Crippen molar-refractivity contribution in [3.63, 3.8) is 0 Å². The van der Waals surface area contributed by atoms with Gasteiger partial charge in [-0.25, -0.2) is 4.79 Å². The lowest BCUT2D eigenvalue weighted by molar-refractivity contribution is -0.247. The first-order chi connectivity index (χ1) is 20.1. The fourth-order valence-electron chi connectivity index (χ4n) is 4.96. The van der Waals surface area contributed by atoms with E-state index in [1.165, 1.54) is 28.1 Å². The number of carbonyl (C=O) groups excluding carboxylic acids is 4. The summed E-state index contributed by atoms with van der Waals surface area (Å²) in [5.74, 6) is -1.83. The molecule has 0 aliphatic carbocycles. The summed E-state index contributed by atoms with van der Waals surface area (Å²) in [6.45, 7) is 5.85. The minimum atomic E-state index is -1.19. The molecule has 2 aromatic carbocycles. The summed E-state index contributed by atoms with van der Waals surface area (Å²) in [6.07, 6.45) is -4.44. The van der Waals surface area contributed by atoms with Crippen LogP contribution in [-0.4, -0.2) is 75.7 Å². The lowest BCUT2D eigenvalue weighted by atomic mass is 9.89. The first kappa shape index (κ1) is 32.6. The highest BCUT2D eigenvalue weighted by Gasteiger charge is 2.51. The van der Waals surface area contributed by atoms with E-state index in [1.807, 2.05) is 36.4 Å². The van der Waals surface area contributed by atoms with E-state index in [4.69, 9.17) is 33.2 Å². The molecule has 0 saturated carbocycles. The Morgan fingerprint density at radius 1 is 0.810 bits per heavy atom. The third-order valence-electron chi connectivity index (χ3n) is 6.56. The third kappa shape index (κ3) is 8.77. The highest BCUT2D eigenvalue weighted by molar-refractivity contribution is 5.73. The summed E-state index contributed by atoms with van der Waals surface area (Å²) in [7, 11) is 2.84. The van der Waals surface area contributed by atoms with Gasteiger partial charge in [0.05, 0.1) is 26.2 Å².